The molecule has 5 aromatic rings. The fourth-order valence-corrected chi connectivity index (χ4v) is 5.93. The monoisotopic (exact) mass is 635 g/mol. The van der Waals surface area contributed by atoms with Gasteiger partial charge < -0.3 is 33.7 Å². The number of hydrogen-bond donors (Lipinski definition) is 1. The summed E-state index contributed by atoms with van der Waals surface area (Å²) in [5.74, 6) is 0.982. The molecule has 246 valence electrons. The Hall–Kier alpha value is -4.63. The number of para-hydroxylation sites is 1. The first-order chi connectivity index (χ1) is 22.9. The number of aromatic nitrogens is 1. The second kappa shape index (κ2) is 16.3. The van der Waals surface area contributed by atoms with Crippen molar-refractivity contribution < 1.29 is 23.7 Å². The summed E-state index contributed by atoms with van der Waals surface area (Å²) in [6.45, 7) is 3.90. The van der Waals surface area contributed by atoms with Crippen molar-refractivity contribution in [3.63, 3.8) is 0 Å². The van der Waals surface area contributed by atoms with E-state index in [1.165, 1.54) is 5.56 Å². The normalized spacial score (nSPS) is 11.4. The Morgan fingerprint density at radius 2 is 1.36 bits per heavy atom. The summed E-state index contributed by atoms with van der Waals surface area (Å²) in [6, 6.07) is 32.5. The standard InChI is InChI=1S/C39H45N3O5/c1-6-9-28-12-18-31(19-13-28)40-39(43)38-37(34-10-7-8-11-35(34)42(38)25-24-41(2)3)36(29-14-20-32(21-15-29)46-26-44-4)30-16-22-33(23-17-30)47-27-45-5/h7-8,10-23,36H,6,9,24-27H2,1-5H3,(H,40,43). The van der Waals surface area contributed by atoms with Crippen molar-refractivity contribution in [2.24, 2.45) is 0 Å². The summed E-state index contributed by atoms with van der Waals surface area (Å²) < 4.78 is 23.8. The number of methoxy groups -OCH3 is 2. The molecule has 0 atom stereocenters. The van der Waals surface area contributed by atoms with Gasteiger partial charge in [-0.3, -0.25) is 4.79 Å². The lowest BCUT2D eigenvalue weighted by molar-refractivity contribution is 0.0509. The van der Waals surface area contributed by atoms with E-state index in [-0.39, 0.29) is 25.4 Å². The largest absolute Gasteiger partial charge is 0.468 e. The van der Waals surface area contributed by atoms with Crippen LogP contribution in [0.1, 0.15) is 52.0 Å². The highest BCUT2D eigenvalue weighted by Gasteiger charge is 2.30. The Labute approximate surface area is 277 Å². The molecular formula is C39H45N3O5. The number of ether oxygens (including phenoxy) is 4. The molecule has 8 heteroatoms. The van der Waals surface area contributed by atoms with Crippen molar-refractivity contribution in [3.8, 4) is 11.5 Å². The molecule has 0 spiro atoms. The summed E-state index contributed by atoms with van der Waals surface area (Å²) in [5, 5.41) is 4.27. The molecule has 1 heterocycles. The molecule has 1 aromatic heterocycles. The van der Waals surface area contributed by atoms with Gasteiger partial charge in [0.15, 0.2) is 13.6 Å². The Morgan fingerprint density at radius 1 is 0.787 bits per heavy atom. The van der Waals surface area contributed by atoms with E-state index in [1.54, 1.807) is 14.2 Å². The van der Waals surface area contributed by atoms with Crippen LogP contribution in [0.25, 0.3) is 10.9 Å². The van der Waals surface area contributed by atoms with Crippen molar-refractivity contribution in [2.45, 2.75) is 32.2 Å². The molecule has 0 aliphatic rings. The maximum absolute atomic E-state index is 14.6. The van der Waals surface area contributed by atoms with Gasteiger partial charge in [-0.15, -0.1) is 0 Å². The fourth-order valence-electron chi connectivity index (χ4n) is 5.93. The van der Waals surface area contributed by atoms with Crippen LogP contribution in [0.5, 0.6) is 11.5 Å². The van der Waals surface area contributed by atoms with Crippen LogP contribution in [0.2, 0.25) is 0 Å². The van der Waals surface area contributed by atoms with Crippen LogP contribution < -0.4 is 14.8 Å². The summed E-state index contributed by atoms with van der Waals surface area (Å²) in [5.41, 5.74) is 6.65. The van der Waals surface area contributed by atoms with Gasteiger partial charge >= 0.3 is 0 Å². The Bertz CT molecular complexity index is 1680. The summed E-state index contributed by atoms with van der Waals surface area (Å²) in [7, 11) is 7.30. The number of carbonyl (C=O) groups is 1. The van der Waals surface area contributed by atoms with E-state index in [0.29, 0.717) is 23.7 Å². The smallest absolute Gasteiger partial charge is 0.272 e. The predicted molar refractivity (Wildman–Crippen MR) is 188 cm³/mol. The first-order valence-electron chi connectivity index (χ1n) is 16.0. The van der Waals surface area contributed by atoms with E-state index < -0.39 is 0 Å². The van der Waals surface area contributed by atoms with E-state index in [1.807, 2.05) is 62.6 Å². The lowest BCUT2D eigenvalue weighted by atomic mass is 9.83. The van der Waals surface area contributed by atoms with Gasteiger partial charge in [0.05, 0.1) is 0 Å². The third-order valence-electron chi connectivity index (χ3n) is 8.15. The van der Waals surface area contributed by atoms with Crippen LogP contribution in [0.15, 0.2) is 97.1 Å². The second-order valence-corrected chi connectivity index (χ2v) is 11.8. The third-order valence-corrected chi connectivity index (χ3v) is 8.15. The van der Waals surface area contributed by atoms with Crippen LogP contribution in [0.4, 0.5) is 5.69 Å². The summed E-state index contributed by atoms with van der Waals surface area (Å²) in [6.07, 6.45) is 2.07. The first kappa shape index (κ1) is 33.7. The molecule has 0 bridgehead atoms. The van der Waals surface area contributed by atoms with Gasteiger partial charge in [0.1, 0.15) is 17.2 Å². The van der Waals surface area contributed by atoms with Crippen LogP contribution in [-0.2, 0) is 22.4 Å². The molecule has 0 fully saturated rings. The minimum absolute atomic E-state index is 0.150. The number of carbonyl (C=O) groups excluding carboxylic acids is 1. The molecule has 0 aliphatic carbocycles. The molecule has 1 amide bonds. The maximum Gasteiger partial charge on any atom is 0.272 e. The molecule has 4 aromatic carbocycles. The minimum Gasteiger partial charge on any atom is -0.468 e. The van der Waals surface area contributed by atoms with Crippen LogP contribution in [0, 0.1) is 0 Å². The quantitative estimate of drug-likeness (QED) is 0.113. The van der Waals surface area contributed by atoms with Crippen LogP contribution >= 0.6 is 0 Å². The number of anilines is 1. The van der Waals surface area contributed by atoms with Crippen molar-refractivity contribution in [1.82, 2.24) is 9.47 Å². The molecule has 0 saturated carbocycles. The fraction of sp³-hybridized carbons (Fsp3) is 0.308. The number of nitrogens with zero attached hydrogens (tertiary/aromatic N) is 2. The third kappa shape index (κ3) is 8.21. The van der Waals surface area contributed by atoms with Gasteiger partial charge in [0, 0.05) is 55.4 Å². The van der Waals surface area contributed by atoms with E-state index in [2.05, 4.69) is 70.2 Å². The van der Waals surface area contributed by atoms with Crippen molar-refractivity contribution >= 4 is 22.5 Å². The number of nitrogens with one attached hydrogen (secondary N) is 1. The molecular weight excluding hydrogens is 590 g/mol. The van der Waals surface area contributed by atoms with E-state index in [0.717, 1.165) is 52.7 Å². The Morgan fingerprint density at radius 3 is 1.89 bits per heavy atom. The average molecular weight is 636 g/mol. The summed E-state index contributed by atoms with van der Waals surface area (Å²) >= 11 is 0. The number of amides is 1. The average Bonchev–Trinajstić information content (AvgIpc) is 3.41. The highest BCUT2D eigenvalue weighted by Crippen LogP contribution is 2.41. The zero-order valence-corrected chi connectivity index (χ0v) is 28.0. The lowest BCUT2D eigenvalue weighted by Gasteiger charge is -2.22. The Kier molecular flexibility index (Phi) is 11.7. The van der Waals surface area contributed by atoms with Gasteiger partial charge in [-0.05, 0) is 79.7 Å². The van der Waals surface area contributed by atoms with Gasteiger partial charge in [0.25, 0.3) is 5.91 Å². The van der Waals surface area contributed by atoms with E-state index in [9.17, 15) is 4.79 Å². The topological polar surface area (TPSA) is 74.2 Å². The summed E-state index contributed by atoms with van der Waals surface area (Å²) in [4.78, 5) is 16.7. The molecule has 1 N–H and O–H groups in total. The number of benzene rings is 4. The van der Waals surface area contributed by atoms with Crippen LogP contribution in [-0.4, -0.2) is 63.8 Å². The predicted octanol–water partition coefficient (Wildman–Crippen LogP) is 7.55. The molecule has 8 nitrogen and oxygen atoms in total. The van der Waals surface area contributed by atoms with Gasteiger partial charge in [-0.25, -0.2) is 0 Å². The molecule has 0 aliphatic heterocycles. The molecule has 0 unspecified atom stereocenters. The van der Waals surface area contributed by atoms with Crippen LogP contribution in [0.3, 0.4) is 0 Å². The molecule has 0 radical (unpaired) electrons. The van der Waals surface area contributed by atoms with E-state index in [4.69, 9.17) is 18.9 Å². The molecule has 5 rings (SSSR count). The number of hydrogen-bond acceptors (Lipinski definition) is 6. The number of likely N-dealkylation sites (N-methyl/N-ethyl adjacent to an activating group) is 1. The Balaban J connectivity index is 1.69. The maximum atomic E-state index is 14.6. The lowest BCUT2D eigenvalue weighted by Crippen LogP contribution is -2.24. The molecule has 47 heavy (non-hydrogen) atoms. The van der Waals surface area contributed by atoms with Gasteiger partial charge in [0.2, 0.25) is 0 Å². The first-order valence-corrected chi connectivity index (χ1v) is 16.0. The van der Waals surface area contributed by atoms with Crippen molar-refractivity contribution in [1.29, 1.82) is 0 Å². The second-order valence-electron chi connectivity index (χ2n) is 11.8. The highest BCUT2D eigenvalue weighted by atomic mass is 16.7. The van der Waals surface area contributed by atoms with Crippen molar-refractivity contribution in [3.05, 3.63) is 125 Å². The number of aryl methyl sites for hydroxylation is 1. The van der Waals surface area contributed by atoms with Crippen molar-refractivity contribution in [2.75, 3.05) is 53.8 Å². The highest BCUT2D eigenvalue weighted by molar-refractivity contribution is 6.09. The number of fused-ring (bicyclic) bond motifs is 1. The van der Waals surface area contributed by atoms with E-state index >= 15 is 0 Å². The zero-order valence-electron chi connectivity index (χ0n) is 28.0. The SMILES string of the molecule is CCCc1ccc(NC(=O)c2c(C(c3ccc(OCOC)cc3)c3ccc(OCOC)cc3)c3ccccc3n2CCN(C)C)cc1. The van der Waals surface area contributed by atoms with Gasteiger partial charge in [-0.2, -0.15) is 0 Å². The zero-order chi connectivity index (χ0) is 33.2. The van der Waals surface area contributed by atoms with Gasteiger partial charge in [-0.1, -0.05) is 67.9 Å². The number of rotatable bonds is 16. The minimum atomic E-state index is -0.277. The molecule has 0 saturated heterocycles.